The molecule has 41 heavy (non-hydrogen) atoms. The minimum Gasteiger partial charge on any atom is -0.479 e. The summed E-state index contributed by atoms with van der Waals surface area (Å²) in [5.41, 5.74) is 6.50. The molecule has 0 aliphatic rings. The van der Waals surface area contributed by atoms with Crippen LogP contribution in [0, 0.1) is 13.8 Å². The average molecular weight is 592 g/mol. The molecule has 1 aromatic carbocycles. The molecule has 16 heteroatoms. The number of nitrogen functional groups attached to an aromatic ring is 1. The molecule has 0 spiro atoms. The fourth-order valence-corrected chi connectivity index (χ4v) is 4.60. The Morgan fingerprint density at radius 1 is 1.20 bits per heavy atom. The smallest absolute Gasteiger partial charge is 0.348 e. The van der Waals surface area contributed by atoms with Crippen molar-refractivity contribution in [3.8, 4) is 11.1 Å². The molecule has 0 bridgehead atoms. The molecule has 0 fully saturated rings. The number of carbonyl (C=O) groups is 2. The third kappa shape index (κ3) is 5.69. The summed E-state index contributed by atoms with van der Waals surface area (Å²) in [6.07, 6.45) is -5.29. The number of imidazole rings is 1. The molecule has 3 atom stereocenters. The van der Waals surface area contributed by atoms with Crippen LogP contribution in [0.25, 0.3) is 22.3 Å². The number of fused-ring (bicyclic) bond motifs is 1. The van der Waals surface area contributed by atoms with Gasteiger partial charge >= 0.3 is 11.9 Å². The number of aryl methyl sites for hydroxylation is 2. The van der Waals surface area contributed by atoms with E-state index in [-0.39, 0.29) is 22.3 Å². The minimum absolute atomic E-state index is 0.0364. The van der Waals surface area contributed by atoms with Crippen LogP contribution in [0.2, 0.25) is 5.28 Å². The summed E-state index contributed by atoms with van der Waals surface area (Å²) in [7, 11) is 1.12. The Morgan fingerprint density at radius 2 is 1.85 bits per heavy atom. The number of hydrogen-bond acceptors (Lipinski definition) is 10. The highest BCUT2D eigenvalue weighted by Crippen LogP contribution is 2.29. The second-order valence-corrected chi connectivity index (χ2v) is 9.61. The number of aliphatic hydroxyl groups is 1. The van der Waals surface area contributed by atoms with Crippen molar-refractivity contribution in [3.63, 3.8) is 0 Å². The van der Waals surface area contributed by atoms with Crippen molar-refractivity contribution < 1.29 is 38.8 Å². The lowest BCUT2D eigenvalue weighted by Gasteiger charge is -2.30. The number of carboxylic acid groups (broad SMARTS) is 2. The number of carboxylic acids is 2. The maximum atomic E-state index is 15.4. The third-order valence-corrected chi connectivity index (χ3v) is 6.83. The van der Waals surface area contributed by atoms with Gasteiger partial charge in [0.1, 0.15) is 17.7 Å². The van der Waals surface area contributed by atoms with Gasteiger partial charge in [0.05, 0.1) is 18.6 Å². The van der Waals surface area contributed by atoms with Gasteiger partial charge in [0.25, 0.3) is 5.60 Å². The van der Waals surface area contributed by atoms with Crippen molar-refractivity contribution >= 4 is 40.5 Å². The summed E-state index contributed by atoms with van der Waals surface area (Å²) < 4.78 is 26.8. The number of alkyl halides is 1. The molecule has 6 N–H and O–H groups in total. The van der Waals surface area contributed by atoms with Crippen LogP contribution in [0.1, 0.15) is 23.2 Å². The molecule has 0 unspecified atom stereocenters. The molecular formula is C25H27ClFN7O7. The highest BCUT2D eigenvalue weighted by Gasteiger charge is 2.49. The molecule has 0 aliphatic carbocycles. The van der Waals surface area contributed by atoms with Crippen molar-refractivity contribution in [2.45, 2.75) is 44.4 Å². The highest BCUT2D eigenvalue weighted by molar-refractivity contribution is 6.28. The fourth-order valence-electron chi connectivity index (χ4n) is 4.43. The molecular weight excluding hydrogens is 565 g/mol. The molecule has 4 aromatic rings. The lowest BCUT2D eigenvalue weighted by atomic mass is 9.92. The number of nitrogens with zero attached hydrogens (tertiary/aromatic N) is 5. The summed E-state index contributed by atoms with van der Waals surface area (Å²) in [6.45, 7) is 2.89. The van der Waals surface area contributed by atoms with Crippen molar-refractivity contribution in [1.29, 1.82) is 0 Å². The summed E-state index contributed by atoms with van der Waals surface area (Å²) in [5, 5.41) is 37.4. The van der Waals surface area contributed by atoms with Gasteiger partial charge in [-0.05, 0) is 36.6 Å². The number of rotatable bonds is 12. The molecule has 0 saturated heterocycles. The number of ether oxygens (including phenoxy) is 2. The summed E-state index contributed by atoms with van der Waals surface area (Å²) in [6, 6.07) is 6.58. The van der Waals surface area contributed by atoms with E-state index in [2.05, 4.69) is 25.1 Å². The second-order valence-electron chi connectivity index (χ2n) is 9.27. The van der Waals surface area contributed by atoms with Crippen LogP contribution in [-0.4, -0.2) is 88.5 Å². The Balaban J connectivity index is 1.55. The van der Waals surface area contributed by atoms with Gasteiger partial charge in [0.15, 0.2) is 11.5 Å². The van der Waals surface area contributed by atoms with E-state index in [9.17, 15) is 24.9 Å². The van der Waals surface area contributed by atoms with Crippen molar-refractivity contribution in [1.82, 2.24) is 29.7 Å². The Bertz CT molecular complexity index is 1540. The van der Waals surface area contributed by atoms with Gasteiger partial charge in [-0.25, -0.2) is 19.0 Å². The molecule has 0 aliphatic heterocycles. The standard InChI is InChI=1S/C25H27ClFN7O7/c1-11-16(12(2)33-32-11)14-6-4-13(5-7-14)8-25(22(36)37,23(38)39)41-9-15(40-3)18(35)19(27)34-10-29-17-20(28)30-24(26)31-21(17)34/h4-7,10,15,18-19,35H,8-9H2,1-3H3,(H,32,33)(H,36,37)(H,38,39)(H2,28,30,31)/t15-,18-,19-/m1/s1. The first-order chi connectivity index (χ1) is 19.4. The number of nitrogens with two attached hydrogens (primary N) is 1. The normalized spacial score (nSPS) is 14.2. The number of nitrogens with one attached hydrogen (secondary N) is 1. The summed E-state index contributed by atoms with van der Waals surface area (Å²) in [5.74, 6) is -3.69. The molecule has 218 valence electrons. The van der Waals surface area contributed by atoms with Crippen LogP contribution in [-0.2, 0) is 25.5 Å². The summed E-state index contributed by atoms with van der Waals surface area (Å²) >= 11 is 5.81. The van der Waals surface area contributed by atoms with Gasteiger partial charge in [0, 0.05) is 24.8 Å². The van der Waals surface area contributed by atoms with Gasteiger partial charge in [-0.2, -0.15) is 15.1 Å². The van der Waals surface area contributed by atoms with E-state index in [1.165, 1.54) is 0 Å². The number of anilines is 1. The Kier molecular flexibility index (Phi) is 8.53. The van der Waals surface area contributed by atoms with E-state index in [0.717, 1.165) is 40.5 Å². The van der Waals surface area contributed by atoms with Crippen LogP contribution in [0.4, 0.5) is 10.2 Å². The van der Waals surface area contributed by atoms with E-state index in [1.807, 2.05) is 13.8 Å². The van der Waals surface area contributed by atoms with Crippen LogP contribution in [0.15, 0.2) is 30.6 Å². The maximum Gasteiger partial charge on any atom is 0.348 e. The van der Waals surface area contributed by atoms with Gasteiger partial charge in [-0.3, -0.25) is 9.67 Å². The largest absolute Gasteiger partial charge is 0.479 e. The Labute approximate surface area is 236 Å². The number of aromatic nitrogens is 6. The molecule has 0 saturated carbocycles. The van der Waals surface area contributed by atoms with Crippen molar-refractivity contribution in [3.05, 3.63) is 52.8 Å². The van der Waals surface area contributed by atoms with Crippen LogP contribution in [0.5, 0.6) is 0 Å². The minimum atomic E-state index is -2.78. The molecule has 14 nitrogen and oxygen atoms in total. The number of aliphatic carboxylic acids is 2. The fraction of sp³-hybridized carbons (Fsp3) is 0.360. The predicted molar refractivity (Wildman–Crippen MR) is 143 cm³/mol. The average Bonchev–Trinajstić information content (AvgIpc) is 3.50. The number of halogens is 2. The van der Waals surface area contributed by atoms with Gasteiger partial charge in [0.2, 0.25) is 11.6 Å². The number of benzene rings is 1. The predicted octanol–water partition coefficient (Wildman–Crippen LogP) is 2.08. The van der Waals surface area contributed by atoms with Gasteiger partial charge in [-0.1, -0.05) is 24.3 Å². The topological polar surface area (TPSA) is 212 Å². The third-order valence-electron chi connectivity index (χ3n) is 6.66. The molecule has 0 amide bonds. The summed E-state index contributed by atoms with van der Waals surface area (Å²) in [4.78, 5) is 36.1. The highest BCUT2D eigenvalue weighted by atomic mass is 35.5. The SMILES string of the molecule is CO[C@H](COC(Cc1ccc(-c2c(C)n[nH]c2C)cc1)(C(=O)O)C(=O)O)[C@@H](O)[C@H](F)n1cnc2c(N)nc(Cl)nc21. The lowest BCUT2D eigenvalue weighted by Crippen LogP contribution is -2.53. The number of H-pyrrole nitrogens is 1. The molecule has 3 aromatic heterocycles. The Hall–Kier alpha value is -4.18. The van der Waals surface area contributed by atoms with Crippen molar-refractivity contribution in [2.24, 2.45) is 0 Å². The number of aromatic amines is 1. The zero-order valence-electron chi connectivity index (χ0n) is 22.1. The van der Waals surface area contributed by atoms with Gasteiger partial charge in [-0.15, -0.1) is 0 Å². The first kappa shape index (κ1) is 29.8. The molecule has 4 rings (SSSR count). The number of methoxy groups -OCH3 is 1. The lowest BCUT2D eigenvalue weighted by molar-refractivity contribution is -0.192. The maximum absolute atomic E-state index is 15.4. The first-order valence-electron chi connectivity index (χ1n) is 12.1. The monoisotopic (exact) mass is 591 g/mol. The van der Waals surface area contributed by atoms with Gasteiger partial charge < -0.3 is 30.5 Å². The van der Waals surface area contributed by atoms with E-state index in [0.29, 0.717) is 5.56 Å². The van der Waals surface area contributed by atoms with E-state index < -0.39 is 49.1 Å². The van der Waals surface area contributed by atoms with Crippen LogP contribution >= 0.6 is 11.6 Å². The molecule has 3 heterocycles. The number of hydrogen-bond donors (Lipinski definition) is 5. The van der Waals surface area contributed by atoms with E-state index >= 15 is 4.39 Å². The quantitative estimate of drug-likeness (QED) is 0.118. The zero-order chi connectivity index (χ0) is 30.1. The van der Waals surface area contributed by atoms with E-state index in [4.69, 9.17) is 26.8 Å². The number of aliphatic hydroxyl groups excluding tert-OH is 1. The van der Waals surface area contributed by atoms with Crippen LogP contribution in [0.3, 0.4) is 0 Å². The Morgan fingerprint density at radius 3 is 2.41 bits per heavy atom. The zero-order valence-corrected chi connectivity index (χ0v) is 22.8. The first-order valence-corrected chi connectivity index (χ1v) is 12.5. The second kappa shape index (κ2) is 11.7. The van der Waals surface area contributed by atoms with E-state index in [1.54, 1.807) is 24.3 Å². The van der Waals surface area contributed by atoms with Crippen molar-refractivity contribution in [2.75, 3.05) is 19.5 Å². The molecule has 0 radical (unpaired) electrons. The van der Waals surface area contributed by atoms with Crippen LogP contribution < -0.4 is 5.73 Å².